The van der Waals surface area contributed by atoms with E-state index in [0.29, 0.717) is 22.9 Å². The zero-order valence-corrected chi connectivity index (χ0v) is 14.2. The van der Waals surface area contributed by atoms with Crippen LogP contribution in [0.1, 0.15) is 51.0 Å². The number of rotatable bonds is 6. The first kappa shape index (κ1) is 16.3. The zero-order chi connectivity index (χ0) is 17.3. The monoisotopic (exact) mass is 327 g/mol. The van der Waals surface area contributed by atoms with Gasteiger partial charge in [-0.25, -0.2) is 4.79 Å². The van der Waals surface area contributed by atoms with Gasteiger partial charge in [0.25, 0.3) is 0 Å². The van der Waals surface area contributed by atoms with Crippen molar-refractivity contribution in [3.63, 3.8) is 0 Å². The Morgan fingerprint density at radius 3 is 2.42 bits per heavy atom. The quantitative estimate of drug-likeness (QED) is 0.602. The average Bonchev–Trinajstić information content (AvgIpc) is 3.37. The number of benzene rings is 1. The van der Waals surface area contributed by atoms with Crippen LogP contribution in [0.25, 0.3) is 0 Å². The van der Waals surface area contributed by atoms with E-state index in [9.17, 15) is 9.59 Å². The summed E-state index contributed by atoms with van der Waals surface area (Å²) in [4.78, 5) is 24.4. The highest BCUT2D eigenvalue weighted by molar-refractivity contribution is 6.00. The fraction of sp³-hybridized carbons (Fsp3) is 0.368. The van der Waals surface area contributed by atoms with Crippen LogP contribution >= 0.6 is 0 Å². The van der Waals surface area contributed by atoms with E-state index in [0.717, 1.165) is 24.2 Å². The largest absolute Gasteiger partial charge is 0.497 e. The Bertz CT molecular complexity index is 769. The first-order valence-corrected chi connectivity index (χ1v) is 8.04. The first-order valence-electron chi connectivity index (χ1n) is 8.04. The Morgan fingerprint density at radius 1 is 1.17 bits per heavy atom. The summed E-state index contributed by atoms with van der Waals surface area (Å²) in [6.45, 7) is 3.70. The molecule has 1 aromatic heterocycles. The predicted octanol–water partition coefficient (Wildman–Crippen LogP) is 3.49. The van der Waals surface area contributed by atoms with Crippen molar-refractivity contribution in [2.75, 3.05) is 13.7 Å². The van der Waals surface area contributed by atoms with E-state index >= 15 is 0 Å². The molecule has 0 N–H and O–H groups in total. The van der Waals surface area contributed by atoms with Crippen LogP contribution in [0.3, 0.4) is 0 Å². The fourth-order valence-electron chi connectivity index (χ4n) is 2.97. The summed E-state index contributed by atoms with van der Waals surface area (Å²) in [6, 6.07) is 9.00. The van der Waals surface area contributed by atoms with Crippen LogP contribution < -0.4 is 4.74 Å². The number of Topliss-reactive ketones (excluding diaryl/α,β-unsaturated/α-hetero) is 1. The van der Waals surface area contributed by atoms with E-state index in [4.69, 9.17) is 9.47 Å². The molecule has 2 aromatic rings. The number of hydrogen-bond donors (Lipinski definition) is 0. The molecule has 0 unspecified atom stereocenters. The topological polar surface area (TPSA) is 57.5 Å². The van der Waals surface area contributed by atoms with Gasteiger partial charge in [-0.2, -0.15) is 0 Å². The van der Waals surface area contributed by atoms with Crippen molar-refractivity contribution < 1.29 is 19.1 Å². The minimum Gasteiger partial charge on any atom is -0.497 e. The zero-order valence-electron chi connectivity index (χ0n) is 14.2. The van der Waals surface area contributed by atoms with Gasteiger partial charge in [-0.3, -0.25) is 4.79 Å². The summed E-state index contributed by atoms with van der Waals surface area (Å²) in [5, 5.41) is 0. The third kappa shape index (κ3) is 3.20. The Hall–Kier alpha value is -2.56. The van der Waals surface area contributed by atoms with Crippen LogP contribution in [0.15, 0.2) is 30.3 Å². The predicted molar refractivity (Wildman–Crippen MR) is 89.8 cm³/mol. The summed E-state index contributed by atoms with van der Waals surface area (Å²) < 4.78 is 12.4. The lowest BCUT2D eigenvalue weighted by Gasteiger charge is -2.08. The van der Waals surface area contributed by atoms with Gasteiger partial charge in [0.05, 0.1) is 12.7 Å². The number of nitrogens with zero attached hydrogens (tertiary/aromatic N) is 1. The Labute approximate surface area is 141 Å². The molecule has 0 radical (unpaired) electrons. The minimum absolute atomic E-state index is 0.170. The van der Waals surface area contributed by atoms with Crippen molar-refractivity contribution in [1.82, 2.24) is 4.57 Å². The molecule has 0 spiro atoms. The maximum absolute atomic E-state index is 12.4. The van der Waals surface area contributed by atoms with Crippen molar-refractivity contribution >= 4 is 11.8 Å². The van der Waals surface area contributed by atoms with Gasteiger partial charge in [0, 0.05) is 23.0 Å². The highest BCUT2D eigenvalue weighted by atomic mass is 16.5. The van der Waals surface area contributed by atoms with Crippen LogP contribution in [0.4, 0.5) is 0 Å². The smallest absolute Gasteiger partial charge is 0.338 e. The third-order valence-corrected chi connectivity index (χ3v) is 4.36. The van der Waals surface area contributed by atoms with Crippen LogP contribution in [0.2, 0.25) is 0 Å². The molecule has 1 saturated carbocycles. The molecule has 0 bridgehead atoms. The Morgan fingerprint density at radius 2 is 1.83 bits per heavy atom. The lowest BCUT2D eigenvalue weighted by atomic mass is 10.1. The number of aryl methyl sites for hydroxylation is 1. The molecule has 0 amide bonds. The first-order chi connectivity index (χ1) is 11.5. The molecule has 5 heteroatoms. The standard InChI is InChI=1S/C19H21NO4/c1-12-10-17(13(2)20(12)15-6-7-15)18(21)11-24-19(22)14-4-8-16(23-3)9-5-14/h4-5,8-10,15H,6-7,11H2,1-3H3. The Kier molecular flexibility index (Phi) is 4.42. The van der Waals surface area contributed by atoms with Gasteiger partial charge in [0.1, 0.15) is 5.75 Å². The molecule has 1 fully saturated rings. The average molecular weight is 327 g/mol. The second-order valence-corrected chi connectivity index (χ2v) is 6.11. The number of ether oxygens (including phenoxy) is 2. The van der Waals surface area contributed by atoms with E-state index in [1.165, 1.54) is 0 Å². The highest BCUT2D eigenvalue weighted by Crippen LogP contribution is 2.38. The summed E-state index contributed by atoms with van der Waals surface area (Å²) in [7, 11) is 1.56. The normalized spacial score (nSPS) is 13.6. The molecule has 0 aliphatic heterocycles. The highest BCUT2D eigenvalue weighted by Gasteiger charge is 2.28. The SMILES string of the molecule is COc1ccc(C(=O)OCC(=O)c2cc(C)n(C3CC3)c2C)cc1. The molecule has 126 valence electrons. The number of esters is 1. The van der Waals surface area contributed by atoms with Crippen LogP contribution in [0.5, 0.6) is 5.75 Å². The molecular formula is C19H21NO4. The number of hydrogen-bond acceptors (Lipinski definition) is 4. The molecule has 1 aliphatic carbocycles. The summed E-state index contributed by atoms with van der Waals surface area (Å²) >= 11 is 0. The van der Waals surface area contributed by atoms with Crippen molar-refractivity contribution in [2.45, 2.75) is 32.7 Å². The van der Waals surface area contributed by atoms with E-state index < -0.39 is 5.97 Å². The second-order valence-electron chi connectivity index (χ2n) is 6.11. The maximum Gasteiger partial charge on any atom is 0.338 e. The van der Waals surface area contributed by atoms with E-state index in [1.807, 2.05) is 19.9 Å². The van der Waals surface area contributed by atoms with Crippen molar-refractivity contribution in [2.24, 2.45) is 0 Å². The van der Waals surface area contributed by atoms with Gasteiger partial charge in [-0.1, -0.05) is 0 Å². The number of carbonyl (C=O) groups excluding carboxylic acids is 2. The van der Waals surface area contributed by atoms with Gasteiger partial charge in [-0.15, -0.1) is 0 Å². The fourth-order valence-corrected chi connectivity index (χ4v) is 2.97. The molecule has 0 atom stereocenters. The van der Waals surface area contributed by atoms with Crippen LogP contribution in [-0.2, 0) is 4.74 Å². The molecular weight excluding hydrogens is 306 g/mol. The third-order valence-electron chi connectivity index (χ3n) is 4.36. The van der Waals surface area contributed by atoms with E-state index in [-0.39, 0.29) is 12.4 Å². The molecule has 3 rings (SSSR count). The minimum atomic E-state index is -0.512. The molecule has 1 heterocycles. The summed E-state index contributed by atoms with van der Waals surface area (Å²) in [6.07, 6.45) is 2.33. The van der Waals surface area contributed by atoms with Gasteiger partial charge in [0.2, 0.25) is 5.78 Å². The molecule has 5 nitrogen and oxygen atoms in total. The molecule has 1 aliphatic rings. The van der Waals surface area contributed by atoms with Gasteiger partial charge < -0.3 is 14.0 Å². The van der Waals surface area contributed by atoms with Gasteiger partial charge in [0.15, 0.2) is 6.61 Å². The number of carbonyl (C=O) groups is 2. The molecule has 1 aromatic carbocycles. The van der Waals surface area contributed by atoms with Gasteiger partial charge in [-0.05, 0) is 57.0 Å². The maximum atomic E-state index is 12.4. The summed E-state index contributed by atoms with van der Waals surface area (Å²) in [5.74, 6) is -0.0194. The van der Waals surface area contributed by atoms with Crippen molar-refractivity contribution in [1.29, 1.82) is 0 Å². The van der Waals surface area contributed by atoms with E-state index in [2.05, 4.69) is 4.57 Å². The molecule has 0 saturated heterocycles. The Balaban J connectivity index is 1.64. The number of ketones is 1. The van der Waals surface area contributed by atoms with Crippen LogP contribution in [-0.4, -0.2) is 30.0 Å². The number of aromatic nitrogens is 1. The van der Waals surface area contributed by atoms with Crippen molar-refractivity contribution in [3.8, 4) is 5.75 Å². The number of methoxy groups -OCH3 is 1. The lowest BCUT2D eigenvalue weighted by molar-refractivity contribution is 0.0474. The van der Waals surface area contributed by atoms with Gasteiger partial charge >= 0.3 is 5.97 Å². The lowest BCUT2D eigenvalue weighted by Crippen LogP contribution is -2.15. The van der Waals surface area contributed by atoms with Crippen LogP contribution in [0, 0.1) is 13.8 Å². The van der Waals surface area contributed by atoms with E-state index in [1.54, 1.807) is 31.4 Å². The van der Waals surface area contributed by atoms with Crippen molar-refractivity contribution in [3.05, 3.63) is 52.8 Å². The summed E-state index contributed by atoms with van der Waals surface area (Å²) in [5.41, 5.74) is 3.08. The second kappa shape index (κ2) is 6.51. The molecule has 24 heavy (non-hydrogen) atoms.